The number of thiophene rings is 3. The van der Waals surface area contributed by atoms with Crippen LogP contribution in [0.15, 0.2) is 481 Å². The lowest BCUT2D eigenvalue weighted by Crippen LogP contribution is -2.06. The van der Waals surface area contributed by atoms with Gasteiger partial charge in [0.25, 0.3) is 0 Å². The second-order valence-electron chi connectivity index (χ2n) is 35.2. The second-order valence-corrected chi connectivity index (χ2v) is 38.3. The third kappa shape index (κ3) is 16.2. The summed E-state index contributed by atoms with van der Waals surface area (Å²) in [7, 11) is 0. The molecule has 18 heteroatoms. The van der Waals surface area contributed by atoms with E-state index < -0.39 is 0 Å². The van der Waals surface area contributed by atoms with E-state index in [-0.39, 0.29) is 0 Å². The van der Waals surface area contributed by atoms with Gasteiger partial charge in [0.1, 0.15) is 5.82 Å². The molecule has 0 aliphatic rings. The fourth-order valence-corrected chi connectivity index (χ4v) is 23.3. The van der Waals surface area contributed by atoms with E-state index in [9.17, 15) is 0 Å². The highest BCUT2D eigenvalue weighted by atomic mass is 32.1. The van der Waals surface area contributed by atoms with E-state index in [1.165, 1.54) is 105 Å². The van der Waals surface area contributed by atoms with Crippen molar-refractivity contribution in [1.82, 2.24) is 73.5 Å². The van der Waals surface area contributed by atoms with Gasteiger partial charge >= 0.3 is 0 Å². The van der Waals surface area contributed by atoms with Gasteiger partial charge in [-0.1, -0.05) is 249 Å². The first kappa shape index (κ1) is 85.7. The van der Waals surface area contributed by atoms with E-state index in [2.05, 4.69) is 377 Å². The van der Waals surface area contributed by atoms with Gasteiger partial charge in [-0.25, -0.2) is 19.9 Å². The highest BCUT2D eigenvalue weighted by Gasteiger charge is 2.26. The first-order valence-corrected chi connectivity index (χ1v) is 49.9. The van der Waals surface area contributed by atoms with Crippen LogP contribution in [0.4, 0.5) is 0 Å². The maximum atomic E-state index is 5.24. The van der Waals surface area contributed by atoms with Crippen molar-refractivity contribution in [3.05, 3.63) is 481 Å². The summed E-state index contributed by atoms with van der Waals surface area (Å²) in [6.07, 6.45) is 21.7. The monoisotopic (exact) mass is 1900 g/mol. The molecule has 0 fully saturated rings. The Hall–Kier alpha value is -18.7. The number of aromatic nitrogens is 15. The Balaban J connectivity index is 0.000000110. The maximum Gasteiger partial charge on any atom is 0.238 e. The van der Waals surface area contributed by atoms with Crippen LogP contribution in [0.1, 0.15) is 0 Å². The Morgan fingerprint density at radius 1 is 0.174 bits per heavy atom. The molecular formula is C126H79N15S3. The van der Waals surface area contributed by atoms with Crippen molar-refractivity contribution in [1.29, 1.82) is 0 Å². The summed E-state index contributed by atoms with van der Waals surface area (Å²) in [5.41, 5.74) is 29.0. The van der Waals surface area contributed by atoms with E-state index in [4.69, 9.17) is 29.9 Å². The van der Waals surface area contributed by atoms with Crippen molar-refractivity contribution in [2.75, 3.05) is 0 Å². The van der Waals surface area contributed by atoms with Crippen LogP contribution < -0.4 is 0 Å². The summed E-state index contributed by atoms with van der Waals surface area (Å²) in [5, 5.41) is 11.1. The summed E-state index contributed by atoms with van der Waals surface area (Å²) < 4.78 is 10.7. The third-order valence-electron chi connectivity index (χ3n) is 26.6. The fraction of sp³-hybridized carbons (Fsp3) is 0. The van der Waals surface area contributed by atoms with Crippen LogP contribution in [-0.2, 0) is 0 Å². The van der Waals surface area contributed by atoms with Gasteiger partial charge in [0.15, 0.2) is 17.5 Å². The number of para-hydroxylation sites is 3. The van der Waals surface area contributed by atoms with Crippen LogP contribution in [0, 0.1) is 0 Å². The van der Waals surface area contributed by atoms with Gasteiger partial charge in [0.05, 0.1) is 50.2 Å². The van der Waals surface area contributed by atoms with E-state index in [0.717, 1.165) is 129 Å². The molecule has 144 heavy (non-hydrogen) atoms. The maximum absolute atomic E-state index is 5.24. The van der Waals surface area contributed by atoms with Gasteiger partial charge in [0, 0.05) is 181 Å². The number of nitrogens with zero attached hydrogens (tertiary/aromatic N) is 15. The Bertz CT molecular complexity index is 9290. The van der Waals surface area contributed by atoms with Crippen LogP contribution in [0.5, 0.6) is 0 Å². The molecular weight excluding hydrogens is 1820 g/mol. The minimum absolute atomic E-state index is 0.570. The quantitative estimate of drug-likeness (QED) is 0.0898. The Kier molecular flexibility index (Phi) is 22.1. The molecule has 15 heterocycles. The number of rotatable bonds is 16. The van der Waals surface area contributed by atoms with Crippen molar-refractivity contribution >= 4 is 130 Å². The molecule has 28 aromatic rings. The molecule has 15 nitrogen and oxygen atoms in total. The summed E-state index contributed by atoms with van der Waals surface area (Å²) in [5.74, 6) is 3.24. The normalized spacial score (nSPS) is 11.5. The molecule has 0 atom stereocenters. The molecule has 0 amide bonds. The van der Waals surface area contributed by atoms with Crippen LogP contribution in [0.2, 0.25) is 0 Å². The highest BCUT2D eigenvalue weighted by Crippen LogP contribution is 2.49. The van der Waals surface area contributed by atoms with Gasteiger partial charge in [-0.2, -0.15) is 9.97 Å². The lowest BCUT2D eigenvalue weighted by atomic mass is 9.98. The van der Waals surface area contributed by atoms with Crippen molar-refractivity contribution in [3.8, 4) is 161 Å². The zero-order valence-corrected chi connectivity index (χ0v) is 79.5. The number of benzene rings is 13. The van der Waals surface area contributed by atoms with Crippen molar-refractivity contribution in [2.45, 2.75) is 0 Å². The van der Waals surface area contributed by atoms with Crippen LogP contribution in [-0.4, -0.2) is 73.5 Å². The molecule has 0 aliphatic heterocycles. The number of hydrogen-bond donors (Lipinski definition) is 0. The lowest BCUT2D eigenvalue weighted by molar-refractivity contribution is 0.953. The summed E-state index contributed by atoms with van der Waals surface area (Å²) in [6.45, 7) is 0. The first-order valence-electron chi connectivity index (χ1n) is 47.4. The lowest BCUT2D eigenvalue weighted by Gasteiger charge is -2.13. The van der Waals surface area contributed by atoms with E-state index in [1.54, 1.807) is 37.2 Å². The molecule has 676 valence electrons. The zero-order valence-electron chi connectivity index (χ0n) is 77.0. The Morgan fingerprint density at radius 2 is 0.479 bits per heavy atom. The predicted molar refractivity (Wildman–Crippen MR) is 593 cm³/mol. The van der Waals surface area contributed by atoms with Crippen LogP contribution >= 0.6 is 34.0 Å². The smallest absolute Gasteiger partial charge is 0.238 e. The van der Waals surface area contributed by atoms with E-state index in [1.807, 2.05) is 144 Å². The fourth-order valence-electron chi connectivity index (χ4n) is 19.6. The van der Waals surface area contributed by atoms with Gasteiger partial charge < -0.3 is 4.57 Å². The van der Waals surface area contributed by atoms with E-state index in [0.29, 0.717) is 23.4 Å². The third-order valence-corrected chi connectivity index (χ3v) is 30.2. The minimum Gasteiger partial charge on any atom is -0.309 e. The van der Waals surface area contributed by atoms with Gasteiger partial charge in [0.2, 0.25) is 5.95 Å². The molecule has 0 bridgehead atoms. The van der Waals surface area contributed by atoms with Gasteiger partial charge in [-0.05, 0) is 229 Å². The molecule has 0 unspecified atom stereocenters. The second kappa shape index (κ2) is 37.2. The average Bonchev–Trinajstić information content (AvgIpc) is 1.57. The summed E-state index contributed by atoms with van der Waals surface area (Å²) >= 11 is 5.54. The first-order chi connectivity index (χ1) is 71.4. The largest absolute Gasteiger partial charge is 0.309 e. The molecule has 28 rings (SSSR count). The van der Waals surface area contributed by atoms with Crippen LogP contribution in [0.25, 0.3) is 257 Å². The predicted octanol–water partition coefficient (Wildman–Crippen LogP) is 32.4. The molecule has 15 aromatic heterocycles. The summed E-state index contributed by atoms with van der Waals surface area (Å²) in [6, 6.07) is 143. The molecule has 0 saturated heterocycles. The standard InChI is InChI=1S/C47H30N4S.C40H25N5S.C39H24N6S/c1-2-7-35(8-3-1)45-30-37-17-18-44-46(47(37)52-45)40-11-4-5-12-43(40)51(44)39-10-6-9-36(27-39)42-29-38(28-41(50-42)34-21-25-49-26-22-34)32-15-13-31(14-16-32)33-19-23-48-24-20-33;1-2-6-29(7-3-1)36-24-31-14-15-35-38(39(31)46-36)32-8-4-5-9-34(32)45(35)37-25-33(43-40(44-37)30-18-22-42-23-19-30)28-12-10-26(11-13-28)27-16-20-41-21-17-27;1-2-6-27(7-3-1)34-24-30-14-15-33-35(36(30)46-34)31-8-4-5-9-32(31)45(33)39-43-37(42-38(44-39)29-18-22-41-23-19-29)28-12-10-25(11-13-28)26-16-20-40-21-17-26/h1-30H;1-25H;1-24H. The molecule has 0 radical (unpaired) electrons. The van der Waals surface area contributed by atoms with Gasteiger partial charge in [-0.3, -0.25) is 39.0 Å². The van der Waals surface area contributed by atoms with Crippen LogP contribution in [0.3, 0.4) is 0 Å². The summed E-state index contributed by atoms with van der Waals surface area (Å²) in [4.78, 5) is 59.7. The van der Waals surface area contributed by atoms with Crippen molar-refractivity contribution in [3.63, 3.8) is 0 Å². The molecule has 0 spiro atoms. The zero-order chi connectivity index (χ0) is 95.3. The Morgan fingerprint density at radius 3 is 0.910 bits per heavy atom. The molecule has 0 N–H and O–H groups in total. The van der Waals surface area contributed by atoms with E-state index >= 15 is 0 Å². The van der Waals surface area contributed by atoms with Crippen molar-refractivity contribution in [2.24, 2.45) is 0 Å². The number of hydrogen-bond acceptors (Lipinski definition) is 15. The number of pyridine rings is 7. The number of fused-ring (bicyclic) bond motifs is 15. The van der Waals surface area contributed by atoms with Crippen molar-refractivity contribution < 1.29 is 0 Å². The Labute approximate surface area is 838 Å². The highest BCUT2D eigenvalue weighted by molar-refractivity contribution is 7.24. The minimum atomic E-state index is 0.570. The average molecular weight is 1900 g/mol. The van der Waals surface area contributed by atoms with Gasteiger partial charge in [-0.15, -0.1) is 34.0 Å². The molecule has 0 saturated carbocycles. The topological polar surface area (TPSA) is 169 Å². The molecule has 13 aromatic carbocycles. The SMILES string of the molecule is c1ccc(-c2cc3ccc4c(c5ccccc5n4-c4cc(-c5ccc(-c6ccncc6)cc5)nc(-c5ccncc5)n4)c3s2)cc1.c1ccc(-c2cc3ccc4c(c5ccccc5n4-c4cccc(-c5cc(-c6ccc(-c7ccncc7)cc6)cc(-c6ccncc6)n5)c4)c3s2)cc1.c1ccc(-c2cc3ccc4c(c5ccccc5n4-c4nc(-c5ccncc5)nc(-c5ccc(-c6ccncc6)cc5)n4)c3s2)cc1. The molecule has 0 aliphatic carbocycles.